The fourth-order valence-corrected chi connectivity index (χ4v) is 2.89. The molecule has 0 radical (unpaired) electrons. The van der Waals surface area contributed by atoms with Crippen molar-refractivity contribution in [3.05, 3.63) is 76.5 Å². The van der Waals surface area contributed by atoms with Gasteiger partial charge < -0.3 is 9.73 Å². The van der Waals surface area contributed by atoms with Gasteiger partial charge in [0.15, 0.2) is 0 Å². The quantitative estimate of drug-likeness (QED) is 0.431. The first-order valence-corrected chi connectivity index (χ1v) is 9.01. The number of carbonyl (C=O) groups is 3. The van der Waals surface area contributed by atoms with Crippen LogP contribution in [-0.2, 0) is 22.7 Å². The lowest BCUT2D eigenvalue weighted by Gasteiger charge is -2.07. The molecule has 0 aliphatic carbocycles. The SMILES string of the molecule is Cc1nn(Cc2ccccc2)c(Cl)c1C(=O)NNC(=O)C(=O)NCc1ccco1. The molecule has 2 heterocycles. The normalized spacial score (nSPS) is 10.4. The van der Waals surface area contributed by atoms with Gasteiger partial charge in [-0.25, -0.2) is 4.68 Å². The van der Waals surface area contributed by atoms with Crippen LogP contribution < -0.4 is 16.2 Å². The number of aryl methyl sites for hydroxylation is 1. The van der Waals surface area contributed by atoms with E-state index in [9.17, 15) is 14.4 Å². The number of rotatable bonds is 5. The minimum Gasteiger partial charge on any atom is -0.467 e. The maximum Gasteiger partial charge on any atom is 0.327 e. The number of carbonyl (C=O) groups excluding carboxylic acids is 3. The van der Waals surface area contributed by atoms with E-state index in [0.717, 1.165) is 5.56 Å². The van der Waals surface area contributed by atoms with Gasteiger partial charge in [0.2, 0.25) is 0 Å². The number of benzene rings is 1. The maximum atomic E-state index is 12.4. The molecule has 150 valence electrons. The molecule has 10 heteroatoms. The van der Waals surface area contributed by atoms with Crippen LogP contribution in [0.25, 0.3) is 0 Å². The molecule has 0 bridgehead atoms. The molecule has 0 aliphatic rings. The summed E-state index contributed by atoms with van der Waals surface area (Å²) in [6, 6.07) is 12.8. The van der Waals surface area contributed by atoms with Crippen molar-refractivity contribution in [2.45, 2.75) is 20.0 Å². The van der Waals surface area contributed by atoms with E-state index < -0.39 is 17.7 Å². The zero-order valence-electron chi connectivity index (χ0n) is 15.4. The molecule has 0 saturated carbocycles. The lowest BCUT2D eigenvalue weighted by atomic mass is 10.2. The van der Waals surface area contributed by atoms with Crippen LogP contribution in [0.4, 0.5) is 0 Å². The minimum absolute atomic E-state index is 0.0460. The molecule has 3 N–H and O–H groups in total. The molecule has 1 aromatic carbocycles. The standard InChI is InChI=1S/C19H18ClN5O4/c1-12-15(16(20)25(24-12)11-13-6-3-2-4-7-13)17(26)22-23-19(28)18(27)21-10-14-8-5-9-29-14/h2-9H,10-11H2,1H3,(H,21,27)(H,22,26)(H,23,28). The Labute approximate surface area is 171 Å². The van der Waals surface area contributed by atoms with Crippen LogP contribution in [0.5, 0.6) is 0 Å². The molecular weight excluding hydrogens is 398 g/mol. The molecular formula is C19H18ClN5O4. The molecule has 3 amide bonds. The van der Waals surface area contributed by atoms with Crippen molar-refractivity contribution in [2.75, 3.05) is 0 Å². The summed E-state index contributed by atoms with van der Waals surface area (Å²) in [5.74, 6) is -2.15. The number of furan rings is 1. The maximum absolute atomic E-state index is 12.4. The van der Waals surface area contributed by atoms with Gasteiger partial charge in [-0.15, -0.1) is 0 Å². The van der Waals surface area contributed by atoms with Crippen LogP contribution in [0.2, 0.25) is 5.15 Å². The largest absolute Gasteiger partial charge is 0.467 e. The molecule has 0 aliphatic heterocycles. The van der Waals surface area contributed by atoms with Gasteiger partial charge in [-0.3, -0.25) is 25.2 Å². The van der Waals surface area contributed by atoms with Crippen LogP contribution in [0.15, 0.2) is 53.1 Å². The minimum atomic E-state index is -1.03. The Morgan fingerprint density at radius 1 is 1.07 bits per heavy atom. The van der Waals surface area contributed by atoms with Crippen LogP contribution in [0, 0.1) is 6.92 Å². The first kappa shape index (κ1) is 20.2. The topological polar surface area (TPSA) is 118 Å². The van der Waals surface area contributed by atoms with E-state index >= 15 is 0 Å². The number of nitrogens with zero attached hydrogens (tertiary/aromatic N) is 2. The summed E-state index contributed by atoms with van der Waals surface area (Å²) in [6.07, 6.45) is 1.45. The number of halogens is 1. The number of amides is 3. The average molecular weight is 416 g/mol. The van der Waals surface area contributed by atoms with Crippen molar-refractivity contribution < 1.29 is 18.8 Å². The van der Waals surface area contributed by atoms with Crippen LogP contribution in [-0.4, -0.2) is 27.5 Å². The molecule has 0 atom stereocenters. The number of hydrogen-bond donors (Lipinski definition) is 3. The number of nitrogens with one attached hydrogen (secondary N) is 3. The van der Waals surface area contributed by atoms with Crippen LogP contribution in [0.3, 0.4) is 0 Å². The Balaban J connectivity index is 1.57. The van der Waals surface area contributed by atoms with Gasteiger partial charge in [0.05, 0.1) is 25.0 Å². The van der Waals surface area contributed by atoms with Gasteiger partial charge in [-0.05, 0) is 24.6 Å². The Morgan fingerprint density at radius 2 is 1.83 bits per heavy atom. The highest BCUT2D eigenvalue weighted by Crippen LogP contribution is 2.20. The number of hydrazine groups is 1. The van der Waals surface area contributed by atoms with E-state index in [0.29, 0.717) is 18.0 Å². The summed E-state index contributed by atoms with van der Waals surface area (Å²) >= 11 is 6.30. The zero-order chi connectivity index (χ0) is 20.8. The van der Waals surface area contributed by atoms with Crippen molar-refractivity contribution in [2.24, 2.45) is 0 Å². The predicted octanol–water partition coefficient (Wildman–Crippen LogP) is 1.56. The monoisotopic (exact) mass is 415 g/mol. The van der Waals surface area contributed by atoms with E-state index in [4.69, 9.17) is 16.0 Å². The van der Waals surface area contributed by atoms with E-state index in [2.05, 4.69) is 15.8 Å². The highest BCUT2D eigenvalue weighted by Gasteiger charge is 2.22. The highest BCUT2D eigenvalue weighted by atomic mass is 35.5. The molecule has 9 nitrogen and oxygen atoms in total. The summed E-state index contributed by atoms with van der Waals surface area (Å²) in [5, 5.41) is 6.76. The summed E-state index contributed by atoms with van der Waals surface area (Å²) < 4.78 is 6.54. The second kappa shape index (κ2) is 9.07. The molecule has 2 aromatic heterocycles. The fraction of sp³-hybridized carbons (Fsp3) is 0.158. The third kappa shape index (κ3) is 5.02. The summed E-state index contributed by atoms with van der Waals surface area (Å²) in [5.41, 5.74) is 5.68. The molecule has 0 spiro atoms. The molecule has 0 fully saturated rings. The van der Waals surface area contributed by atoms with Crippen molar-refractivity contribution in [1.29, 1.82) is 0 Å². The number of hydrogen-bond acceptors (Lipinski definition) is 5. The van der Waals surface area contributed by atoms with E-state index in [1.54, 1.807) is 19.1 Å². The van der Waals surface area contributed by atoms with Gasteiger partial charge >= 0.3 is 11.8 Å². The van der Waals surface area contributed by atoms with Gasteiger partial charge in [-0.1, -0.05) is 41.9 Å². The van der Waals surface area contributed by atoms with Crippen molar-refractivity contribution in [3.8, 4) is 0 Å². The second-order valence-corrected chi connectivity index (χ2v) is 6.42. The summed E-state index contributed by atoms with van der Waals surface area (Å²) in [4.78, 5) is 36.0. The predicted molar refractivity (Wildman–Crippen MR) is 104 cm³/mol. The molecule has 3 aromatic rings. The molecule has 3 rings (SSSR count). The second-order valence-electron chi connectivity index (χ2n) is 6.06. The Kier molecular flexibility index (Phi) is 6.30. The van der Waals surface area contributed by atoms with Gasteiger partial charge in [0.1, 0.15) is 16.5 Å². The lowest BCUT2D eigenvalue weighted by Crippen LogP contribution is -2.48. The van der Waals surface area contributed by atoms with Gasteiger partial charge in [-0.2, -0.15) is 5.10 Å². The third-order valence-corrected chi connectivity index (χ3v) is 4.35. The third-order valence-electron chi connectivity index (χ3n) is 3.97. The van der Waals surface area contributed by atoms with E-state index in [1.807, 2.05) is 35.8 Å². The average Bonchev–Trinajstić information content (AvgIpc) is 3.33. The smallest absolute Gasteiger partial charge is 0.327 e. The summed E-state index contributed by atoms with van der Waals surface area (Å²) in [7, 11) is 0. The Bertz CT molecular complexity index is 1010. The zero-order valence-corrected chi connectivity index (χ0v) is 16.2. The van der Waals surface area contributed by atoms with Crippen LogP contribution >= 0.6 is 11.6 Å². The molecule has 29 heavy (non-hydrogen) atoms. The van der Waals surface area contributed by atoms with Crippen molar-refractivity contribution >= 4 is 29.3 Å². The fourth-order valence-electron chi connectivity index (χ4n) is 2.57. The van der Waals surface area contributed by atoms with Gasteiger partial charge in [0, 0.05) is 0 Å². The molecule has 0 unspecified atom stereocenters. The number of aromatic nitrogens is 2. The van der Waals surface area contributed by atoms with Gasteiger partial charge in [0.25, 0.3) is 5.91 Å². The van der Waals surface area contributed by atoms with Crippen LogP contribution in [0.1, 0.15) is 27.4 Å². The highest BCUT2D eigenvalue weighted by molar-refractivity contribution is 6.35. The first-order chi connectivity index (χ1) is 14.0. The lowest BCUT2D eigenvalue weighted by molar-refractivity contribution is -0.139. The van der Waals surface area contributed by atoms with Crippen molar-refractivity contribution in [1.82, 2.24) is 25.9 Å². The van der Waals surface area contributed by atoms with E-state index in [-0.39, 0.29) is 17.3 Å². The van der Waals surface area contributed by atoms with E-state index in [1.165, 1.54) is 10.9 Å². The Morgan fingerprint density at radius 3 is 2.52 bits per heavy atom. The molecule has 0 saturated heterocycles. The van der Waals surface area contributed by atoms with Crippen molar-refractivity contribution in [3.63, 3.8) is 0 Å². The Hall–Kier alpha value is -3.59. The summed E-state index contributed by atoms with van der Waals surface area (Å²) in [6.45, 7) is 2.06. The first-order valence-electron chi connectivity index (χ1n) is 8.63.